The van der Waals surface area contributed by atoms with Crippen molar-refractivity contribution in [2.75, 3.05) is 37.7 Å². The first-order valence-electron chi connectivity index (χ1n) is 6.40. The Morgan fingerprint density at radius 2 is 2.16 bits per heavy atom. The molecule has 0 bridgehead atoms. The average Bonchev–Trinajstić information content (AvgIpc) is 2.33. The summed E-state index contributed by atoms with van der Waals surface area (Å²) in [4.78, 5) is 26.4. The molecular formula is C12H20N2O4S. The van der Waals surface area contributed by atoms with E-state index in [0.717, 1.165) is 18.1 Å². The second kappa shape index (κ2) is 5.58. The summed E-state index contributed by atoms with van der Waals surface area (Å²) in [5.41, 5.74) is -0.512. The number of carboxylic acid groups (broad SMARTS) is 1. The summed E-state index contributed by atoms with van der Waals surface area (Å²) < 4.78 is 5.31. The second-order valence-electron chi connectivity index (χ2n) is 5.39. The summed E-state index contributed by atoms with van der Waals surface area (Å²) in [7, 11) is 0. The maximum atomic E-state index is 12.3. The van der Waals surface area contributed by atoms with E-state index in [1.807, 2.05) is 23.6 Å². The van der Waals surface area contributed by atoms with Crippen molar-refractivity contribution in [3.05, 3.63) is 0 Å². The summed E-state index contributed by atoms with van der Waals surface area (Å²) in [6, 6.07) is 0.308. The number of likely N-dealkylation sites (tertiary alicyclic amines) is 1. The minimum atomic E-state index is -0.979. The number of thioether (sulfide) groups is 1. The maximum Gasteiger partial charge on any atom is 0.329 e. The third-order valence-electron chi connectivity index (χ3n) is 3.48. The number of carbonyl (C=O) groups excluding carboxylic acids is 1. The Hall–Kier alpha value is -0.950. The first-order chi connectivity index (χ1) is 8.91. The molecule has 1 atom stereocenters. The van der Waals surface area contributed by atoms with E-state index in [4.69, 9.17) is 9.84 Å². The molecule has 19 heavy (non-hydrogen) atoms. The van der Waals surface area contributed by atoms with Crippen molar-refractivity contribution in [2.24, 2.45) is 0 Å². The summed E-state index contributed by atoms with van der Waals surface area (Å²) in [6.07, 6.45) is 0. The number of carboxylic acids is 1. The first kappa shape index (κ1) is 14.5. The number of hydrogen-bond acceptors (Lipinski definition) is 4. The zero-order chi connectivity index (χ0) is 14.0. The molecule has 7 heteroatoms. The molecule has 2 saturated heterocycles. The van der Waals surface area contributed by atoms with E-state index in [9.17, 15) is 9.59 Å². The molecule has 0 radical (unpaired) electrons. The zero-order valence-corrected chi connectivity index (χ0v) is 12.1. The summed E-state index contributed by atoms with van der Waals surface area (Å²) in [5.74, 6) is 0.982. The molecular weight excluding hydrogens is 268 g/mol. The third-order valence-corrected chi connectivity index (χ3v) is 4.67. The number of ether oxygens (including phenoxy) is 1. The van der Waals surface area contributed by atoms with E-state index >= 15 is 0 Å². The van der Waals surface area contributed by atoms with E-state index < -0.39 is 11.6 Å². The van der Waals surface area contributed by atoms with Crippen molar-refractivity contribution in [2.45, 2.75) is 25.5 Å². The Balaban J connectivity index is 1.82. The second-order valence-corrected chi connectivity index (χ2v) is 6.54. The summed E-state index contributed by atoms with van der Waals surface area (Å²) in [5, 5.41) is 8.59. The fourth-order valence-corrected chi connectivity index (χ4v) is 3.43. The van der Waals surface area contributed by atoms with E-state index in [1.165, 1.54) is 0 Å². The molecule has 0 aromatic heterocycles. The lowest BCUT2D eigenvalue weighted by atomic mass is 9.97. The van der Waals surface area contributed by atoms with Crippen molar-refractivity contribution in [1.29, 1.82) is 0 Å². The lowest BCUT2D eigenvalue weighted by Crippen LogP contribution is -2.66. The molecule has 2 amide bonds. The van der Waals surface area contributed by atoms with Crippen molar-refractivity contribution in [3.8, 4) is 0 Å². The van der Waals surface area contributed by atoms with Crippen LogP contribution < -0.4 is 0 Å². The Morgan fingerprint density at radius 3 is 2.74 bits per heavy atom. The number of amides is 2. The van der Waals surface area contributed by atoms with Crippen LogP contribution in [0.15, 0.2) is 0 Å². The van der Waals surface area contributed by atoms with Gasteiger partial charge in [0.05, 0.1) is 13.1 Å². The van der Waals surface area contributed by atoms with Gasteiger partial charge < -0.3 is 19.6 Å². The van der Waals surface area contributed by atoms with Gasteiger partial charge in [0, 0.05) is 24.1 Å². The van der Waals surface area contributed by atoms with Crippen LogP contribution in [0.1, 0.15) is 13.8 Å². The Labute approximate surface area is 117 Å². The molecule has 6 nitrogen and oxygen atoms in total. The molecule has 0 saturated carbocycles. The van der Waals surface area contributed by atoms with Gasteiger partial charge in [0.15, 0.2) is 0 Å². The van der Waals surface area contributed by atoms with Gasteiger partial charge in [-0.15, -0.1) is 0 Å². The van der Waals surface area contributed by atoms with Crippen LogP contribution in [0.3, 0.4) is 0 Å². The predicted molar refractivity (Wildman–Crippen MR) is 72.5 cm³/mol. The van der Waals surface area contributed by atoms with Crippen LogP contribution in [0.2, 0.25) is 0 Å². The normalized spacial score (nSPS) is 25.9. The zero-order valence-electron chi connectivity index (χ0n) is 11.3. The highest BCUT2D eigenvalue weighted by atomic mass is 32.2. The van der Waals surface area contributed by atoms with Crippen LogP contribution in [0.4, 0.5) is 4.79 Å². The molecule has 0 aromatic carbocycles. The highest BCUT2D eigenvalue weighted by Crippen LogP contribution is 2.27. The lowest BCUT2D eigenvalue weighted by molar-refractivity contribution is -0.160. The molecule has 2 rings (SSSR count). The fourth-order valence-electron chi connectivity index (χ4n) is 2.42. The van der Waals surface area contributed by atoms with Gasteiger partial charge in [0.25, 0.3) is 0 Å². The van der Waals surface area contributed by atoms with Gasteiger partial charge in [0.1, 0.15) is 12.2 Å². The SMILES string of the molecule is CC1CSCCN1C(=O)N1CC(C)(OCC(=O)O)C1. The number of hydrogen-bond donors (Lipinski definition) is 1. The molecule has 2 aliphatic heterocycles. The first-order valence-corrected chi connectivity index (χ1v) is 7.56. The quantitative estimate of drug-likeness (QED) is 0.828. The molecule has 0 aromatic rings. The monoisotopic (exact) mass is 288 g/mol. The molecule has 0 aliphatic carbocycles. The molecule has 2 heterocycles. The maximum absolute atomic E-state index is 12.3. The van der Waals surface area contributed by atoms with Gasteiger partial charge in [-0.2, -0.15) is 11.8 Å². The third kappa shape index (κ3) is 3.33. The van der Waals surface area contributed by atoms with Gasteiger partial charge in [-0.25, -0.2) is 9.59 Å². The standard InChI is InChI=1S/C12H20N2O4S/c1-9-6-19-4-3-14(9)11(17)13-7-12(2,8-13)18-5-10(15)16/h9H,3-8H2,1-2H3,(H,15,16). The lowest BCUT2D eigenvalue weighted by Gasteiger charge is -2.49. The van der Waals surface area contributed by atoms with E-state index in [2.05, 4.69) is 6.92 Å². The Bertz CT molecular complexity index is 371. The van der Waals surface area contributed by atoms with Gasteiger partial charge >= 0.3 is 12.0 Å². The number of nitrogens with zero attached hydrogens (tertiary/aromatic N) is 2. The van der Waals surface area contributed by atoms with Crippen molar-refractivity contribution >= 4 is 23.8 Å². The predicted octanol–water partition coefficient (Wildman–Crippen LogP) is 0.719. The van der Waals surface area contributed by atoms with Crippen LogP contribution in [-0.2, 0) is 9.53 Å². The highest BCUT2D eigenvalue weighted by Gasteiger charge is 2.44. The minimum Gasteiger partial charge on any atom is -0.480 e. The van der Waals surface area contributed by atoms with Crippen LogP contribution >= 0.6 is 11.8 Å². The fraction of sp³-hybridized carbons (Fsp3) is 0.833. The molecule has 108 valence electrons. The van der Waals surface area contributed by atoms with Gasteiger partial charge in [-0.05, 0) is 13.8 Å². The number of rotatable bonds is 3. The van der Waals surface area contributed by atoms with Gasteiger partial charge in [-0.3, -0.25) is 0 Å². The van der Waals surface area contributed by atoms with Crippen molar-refractivity contribution < 1.29 is 19.4 Å². The minimum absolute atomic E-state index is 0.0456. The number of aliphatic carboxylic acids is 1. The van der Waals surface area contributed by atoms with E-state index in [-0.39, 0.29) is 18.7 Å². The molecule has 2 aliphatic rings. The number of carbonyl (C=O) groups is 2. The molecule has 0 spiro atoms. The van der Waals surface area contributed by atoms with Crippen LogP contribution in [0.5, 0.6) is 0 Å². The smallest absolute Gasteiger partial charge is 0.329 e. The highest BCUT2D eigenvalue weighted by molar-refractivity contribution is 7.99. The van der Waals surface area contributed by atoms with Crippen LogP contribution in [0, 0.1) is 0 Å². The average molecular weight is 288 g/mol. The topological polar surface area (TPSA) is 70.1 Å². The number of urea groups is 1. The summed E-state index contributed by atoms with van der Waals surface area (Å²) >= 11 is 1.87. The van der Waals surface area contributed by atoms with Crippen molar-refractivity contribution in [3.63, 3.8) is 0 Å². The molecule has 2 fully saturated rings. The van der Waals surface area contributed by atoms with E-state index in [1.54, 1.807) is 4.90 Å². The molecule has 1 N–H and O–H groups in total. The van der Waals surface area contributed by atoms with Gasteiger partial charge in [-0.1, -0.05) is 0 Å². The Morgan fingerprint density at radius 1 is 1.47 bits per heavy atom. The van der Waals surface area contributed by atoms with Crippen molar-refractivity contribution in [1.82, 2.24) is 9.80 Å². The van der Waals surface area contributed by atoms with Gasteiger partial charge in [0.2, 0.25) is 0 Å². The molecule has 1 unspecified atom stereocenters. The van der Waals surface area contributed by atoms with Crippen LogP contribution in [-0.4, -0.2) is 76.3 Å². The largest absolute Gasteiger partial charge is 0.480 e. The summed E-state index contributed by atoms with van der Waals surface area (Å²) in [6.45, 7) is 5.31. The van der Waals surface area contributed by atoms with E-state index in [0.29, 0.717) is 13.1 Å². The van der Waals surface area contributed by atoms with Crippen LogP contribution in [0.25, 0.3) is 0 Å². The Kier molecular flexibility index (Phi) is 4.25.